The van der Waals surface area contributed by atoms with Crippen molar-refractivity contribution in [1.29, 1.82) is 0 Å². The number of thiazole rings is 1. The summed E-state index contributed by atoms with van der Waals surface area (Å²) in [4.78, 5) is 17.8. The fourth-order valence-corrected chi connectivity index (χ4v) is 6.13. The normalized spacial score (nSPS) is 15.2. The molecule has 0 radical (unpaired) electrons. The van der Waals surface area contributed by atoms with Crippen LogP contribution in [0.5, 0.6) is 11.5 Å². The molecule has 0 fully saturated rings. The number of anilines is 1. The van der Waals surface area contributed by atoms with Crippen LogP contribution in [-0.4, -0.2) is 21.8 Å². The third kappa shape index (κ3) is 3.31. The summed E-state index contributed by atoms with van der Waals surface area (Å²) >= 11 is 21.3. The number of halogens is 3. The number of para-hydroxylation sites is 1. The zero-order valence-electron chi connectivity index (χ0n) is 15.2. The van der Waals surface area contributed by atoms with Gasteiger partial charge in [-0.1, -0.05) is 53.0 Å². The Kier molecular flexibility index (Phi) is 5.84. The molecule has 4 rings (SSSR count). The van der Waals surface area contributed by atoms with Crippen molar-refractivity contribution < 1.29 is 9.84 Å². The number of ether oxygens (including phenoxy) is 1. The van der Waals surface area contributed by atoms with Crippen molar-refractivity contribution in [3.05, 3.63) is 49.8 Å². The van der Waals surface area contributed by atoms with Gasteiger partial charge in [-0.15, -0.1) is 17.8 Å². The summed E-state index contributed by atoms with van der Waals surface area (Å²) in [6, 6.07) is 5.60. The first-order valence-electron chi connectivity index (χ1n) is 8.38. The quantitative estimate of drug-likeness (QED) is 0.383. The van der Waals surface area contributed by atoms with Crippen LogP contribution in [0, 0.1) is 12.3 Å². The molecule has 2 aromatic heterocycles. The second kappa shape index (κ2) is 8.25. The van der Waals surface area contributed by atoms with E-state index in [9.17, 15) is 9.90 Å². The molecule has 0 saturated carbocycles. The van der Waals surface area contributed by atoms with Gasteiger partial charge in [0.1, 0.15) is 22.0 Å². The van der Waals surface area contributed by atoms with Crippen molar-refractivity contribution in [1.82, 2.24) is 9.55 Å². The van der Waals surface area contributed by atoms with Gasteiger partial charge in [-0.25, -0.2) is 4.98 Å². The molecule has 154 valence electrons. The van der Waals surface area contributed by atoms with Crippen LogP contribution in [0.15, 0.2) is 34.1 Å². The van der Waals surface area contributed by atoms with E-state index >= 15 is 0 Å². The number of nitrogens with zero attached hydrogens (tertiary/aromatic N) is 3. The van der Waals surface area contributed by atoms with Crippen LogP contribution in [0.2, 0.25) is 9.49 Å². The van der Waals surface area contributed by atoms with Gasteiger partial charge >= 0.3 is 0 Å². The van der Waals surface area contributed by atoms with Gasteiger partial charge in [0, 0.05) is 29.1 Å². The van der Waals surface area contributed by atoms with Crippen LogP contribution in [-0.2, 0) is 6.54 Å². The highest BCUT2D eigenvalue weighted by molar-refractivity contribution is 8.00. The predicted molar refractivity (Wildman–Crippen MR) is 122 cm³/mol. The van der Waals surface area contributed by atoms with E-state index in [1.807, 2.05) is 18.2 Å². The van der Waals surface area contributed by atoms with Crippen LogP contribution in [0.25, 0.3) is 10.4 Å². The van der Waals surface area contributed by atoms with Gasteiger partial charge < -0.3 is 9.84 Å². The summed E-state index contributed by atoms with van der Waals surface area (Å²) in [7, 11) is 1.55. The molecule has 0 amide bonds. The molecule has 1 atom stereocenters. The van der Waals surface area contributed by atoms with E-state index in [1.54, 1.807) is 13.3 Å². The number of pyridine rings is 1. The van der Waals surface area contributed by atoms with Crippen molar-refractivity contribution >= 4 is 63.9 Å². The summed E-state index contributed by atoms with van der Waals surface area (Å²) in [5.74, 6) is 2.95. The maximum Gasteiger partial charge on any atom is 0.275 e. The van der Waals surface area contributed by atoms with E-state index in [2.05, 4.69) is 10.9 Å². The van der Waals surface area contributed by atoms with Gasteiger partial charge in [0.25, 0.3) is 5.56 Å². The number of methoxy groups -OCH3 is 1. The Balaban J connectivity index is 1.87. The van der Waals surface area contributed by atoms with Crippen molar-refractivity contribution in [3.63, 3.8) is 0 Å². The molecule has 1 aromatic carbocycles. The maximum absolute atomic E-state index is 12.5. The largest absolute Gasteiger partial charge is 0.505 e. The molecule has 0 aliphatic carbocycles. The molecule has 3 aromatic rings. The second-order valence-electron chi connectivity index (χ2n) is 6.10. The molecule has 0 saturated heterocycles. The van der Waals surface area contributed by atoms with Gasteiger partial charge in [-0.3, -0.25) is 13.8 Å². The summed E-state index contributed by atoms with van der Waals surface area (Å²) in [6.07, 6.45) is 7.08. The first-order valence-corrected chi connectivity index (χ1v) is 11.2. The van der Waals surface area contributed by atoms with E-state index in [4.69, 9.17) is 46.1 Å². The minimum atomic E-state index is -0.613. The van der Waals surface area contributed by atoms with Crippen molar-refractivity contribution in [3.8, 4) is 34.3 Å². The fourth-order valence-electron chi connectivity index (χ4n) is 3.21. The topological polar surface area (TPSA) is 67.6 Å². The lowest BCUT2D eigenvalue weighted by molar-refractivity contribution is 0.411. The number of thioether (sulfide) groups is 1. The first kappa shape index (κ1) is 21.2. The van der Waals surface area contributed by atoms with E-state index in [0.29, 0.717) is 15.1 Å². The zero-order chi connectivity index (χ0) is 21.6. The zero-order valence-corrected chi connectivity index (χ0v) is 19.1. The monoisotopic (exact) mass is 499 g/mol. The summed E-state index contributed by atoms with van der Waals surface area (Å²) in [5.41, 5.74) is 0.910. The Labute approximate surface area is 195 Å². The Morgan fingerprint density at radius 1 is 1.40 bits per heavy atom. The molecule has 3 heterocycles. The number of hydrogen-bond donors (Lipinski definition) is 1. The number of hydrogen-bond acceptors (Lipinski definition) is 7. The number of aromatic hydroxyl groups is 1. The average molecular weight is 501 g/mol. The lowest BCUT2D eigenvalue weighted by atomic mass is 10.1. The van der Waals surface area contributed by atoms with Gasteiger partial charge in [0.05, 0.1) is 23.4 Å². The van der Waals surface area contributed by atoms with Crippen LogP contribution < -0.4 is 14.7 Å². The van der Waals surface area contributed by atoms with E-state index < -0.39 is 10.9 Å². The SMILES string of the molecule is C#CCn1c2c(c(O)c(Cl)c1=O)SC(c1cccc(-c3cnc(Cl)s3)c1OC)N2Cl. The molecule has 0 bridgehead atoms. The number of benzene rings is 1. The van der Waals surface area contributed by atoms with Gasteiger partial charge in [-0.05, 0) is 6.07 Å². The van der Waals surface area contributed by atoms with Gasteiger partial charge in [-0.2, -0.15) is 0 Å². The van der Waals surface area contributed by atoms with Crippen LogP contribution in [0.3, 0.4) is 0 Å². The summed E-state index contributed by atoms with van der Waals surface area (Å²) in [5, 5.41) is 9.66. The Morgan fingerprint density at radius 3 is 2.80 bits per heavy atom. The van der Waals surface area contributed by atoms with Crippen LogP contribution in [0.4, 0.5) is 5.82 Å². The summed E-state index contributed by atoms with van der Waals surface area (Å²) in [6.45, 7) is -0.0474. The molecule has 11 heteroatoms. The van der Waals surface area contributed by atoms with Crippen molar-refractivity contribution in [2.24, 2.45) is 0 Å². The molecular weight excluding hydrogens is 489 g/mol. The van der Waals surface area contributed by atoms with E-state index in [1.165, 1.54) is 32.1 Å². The molecule has 1 N–H and O–H groups in total. The fraction of sp³-hybridized carbons (Fsp3) is 0.158. The molecule has 6 nitrogen and oxygen atoms in total. The Bertz CT molecular complexity index is 1250. The molecule has 1 unspecified atom stereocenters. The maximum atomic E-state index is 12.5. The molecule has 30 heavy (non-hydrogen) atoms. The van der Waals surface area contributed by atoms with Crippen molar-refractivity contribution in [2.45, 2.75) is 16.8 Å². The highest BCUT2D eigenvalue weighted by atomic mass is 35.5. The lowest BCUT2D eigenvalue weighted by Crippen LogP contribution is -2.25. The van der Waals surface area contributed by atoms with Crippen LogP contribution >= 0.6 is 58.1 Å². The average Bonchev–Trinajstić information content (AvgIpc) is 3.32. The smallest absolute Gasteiger partial charge is 0.275 e. The first-order chi connectivity index (χ1) is 14.4. The predicted octanol–water partition coefficient (Wildman–Crippen LogP) is 5.39. The highest BCUT2D eigenvalue weighted by Gasteiger charge is 2.39. The third-order valence-electron chi connectivity index (χ3n) is 4.46. The van der Waals surface area contributed by atoms with Gasteiger partial charge in [0.15, 0.2) is 10.2 Å². The molecule has 1 aliphatic heterocycles. The number of aromatic nitrogens is 2. The molecule has 0 spiro atoms. The lowest BCUT2D eigenvalue weighted by Gasteiger charge is -2.23. The second-order valence-corrected chi connectivity index (χ2v) is 9.54. The van der Waals surface area contributed by atoms with Crippen LogP contribution in [0.1, 0.15) is 10.9 Å². The molecular formula is C19H12Cl3N3O3S2. The number of rotatable bonds is 4. The highest BCUT2D eigenvalue weighted by Crippen LogP contribution is 2.58. The van der Waals surface area contributed by atoms with Gasteiger partial charge in [0.2, 0.25) is 0 Å². The Morgan fingerprint density at radius 2 is 2.17 bits per heavy atom. The summed E-state index contributed by atoms with van der Waals surface area (Å²) < 4.78 is 8.73. The number of fused-ring (bicyclic) bond motifs is 1. The minimum absolute atomic E-state index is 0.0474. The Hall–Kier alpha value is -2.02. The van der Waals surface area contributed by atoms with Crippen molar-refractivity contribution in [2.75, 3.05) is 11.5 Å². The minimum Gasteiger partial charge on any atom is -0.505 e. The molecule has 1 aliphatic rings. The van der Waals surface area contributed by atoms with E-state index in [0.717, 1.165) is 16.0 Å². The number of terminal acetylenes is 1. The standard InChI is InChI=1S/C19H12Cl3N3O3S2/c1-3-7-24-16-15(13(26)12(20)17(24)27)30-18(25(16)22)10-6-4-5-9(14(10)28-2)11-8-23-19(21)29-11/h1,4-6,8,18,26H,7H2,2H3. The third-order valence-corrected chi connectivity index (χ3v) is 7.72. The van der Waals surface area contributed by atoms with E-state index in [-0.39, 0.29) is 23.1 Å².